The molecule has 0 heterocycles. The Balaban J connectivity index is 2.15. The van der Waals surface area contributed by atoms with Crippen LogP contribution in [-0.4, -0.2) is 41.7 Å². The Morgan fingerprint density at radius 3 is 2.71 bits per heavy atom. The van der Waals surface area contributed by atoms with Crippen LogP contribution in [0.3, 0.4) is 0 Å². The molecule has 1 aliphatic rings. The lowest BCUT2D eigenvalue weighted by atomic mass is 10.0. The van der Waals surface area contributed by atoms with E-state index in [1.807, 2.05) is 18.2 Å². The predicted molar refractivity (Wildman–Crippen MR) is 82.8 cm³/mol. The highest BCUT2D eigenvalue weighted by atomic mass is 16.3. The lowest BCUT2D eigenvalue weighted by Crippen LogP contribution is -2.42. The maximum Gasteiger partial charge on any atom is 0.254 e. The molecule has 0 aliphatic heterocycles. The van der Waals surface area contributed by atoms with Crippen molar-refractivity contribution in [2.45, 2.75) is 31.3 Å². The van der Waals surface area contributed by atoms with Crippen molar-refractivity contribution < 1.29 is 9.90 Å². The van der Waals surface area contributed by atoms with Gasteiger partial charge in [0.1, 0.15) is 0 Å². The van der Waals surface area contributed by atoms with Crippen molar-refractivity contribution in [2.24, 2.45) is 5.73 Å². The van der Waals surface area contributed by atoms with E-state index in [4.69, 9.17) is 5.73 Å². The van der Waals surface area contributed by atoms with Crippen LogP contribution in [0.15, 0.2) is 24.3 Å². The average molecular weight is 286 g/mol. The van der Waals surface area contributed by atoms with Gasteiger partial charge in [-0.25, -0.2) is 0 Å². The molecule has 4 nitrogen and oxygen atoms in total. The van der Waals surface area contributed by atoms with Gasteiger partial charge >= 0.3 is 0 Å². The number of carbonyl (C=O) groups is 1. The number of benzene rings is 1. The highest BCUT2D eigenvalue weighted by Gasteiger charge is 2.33. The third-order valence-electron chi connectivity index (χ3n) is 3.90. The largest absolute Gasteiger partial charge is 0.388 e. The van der Waals surface area contributed by atoms with Gasteiger partial charge in [0.2, 0.25) is 0 Å². The molecule has 1 fully saturated rings. The van der Waals surface area contributed by atoms with E-state index < -0.39 is 5.60 Å². The van der Waals surface area contributed by atoms with Gasteiger partial charge in [-0.2, -0.15) is 0 Å². The lowest BCUT2D eigenvalue weighted by molar-refractivity contribution is 0.0156. The van der Waals surface area contributed by atoms with Crippen molar-refractivity contribution in [2.75, 3.05) is 20.1 Å². The molecule has 0 saturated heterocycles. The molecule has 112 valence electrons. The van der Waals surface area contributed by atoms with Gasteiger partial charge in [-0.05, 0) is 25.0 Å². The van der Waals surface area contributed by atoms with Gasteiger partial charge in [0.15, 0.2) is 0 Å². The zero-order valence-electron chi connectivity index (χ0n) is 12.4. The van der Waals surface area contributed by atoms with E-state index in [1.54, 1.807) is 18.0 Å². The fraction of sp³-hybridized carbons (Fsp3) is 0.471. The van der Waals surface area contributed by atoms with Crippen LogP contribution < -0.4 is 5.73 Å². The number of likely N-dealkylation sites (N-methyl/N-ethyl adjacent to an activating group) is 1. The third kappa shape index (κ3) is 3.84. The number of aliphatic hydroxyl groups is 1. The highest BCUT2D eigenvalue weighted by molar-refractivity contribution is 5.96. The summed E-state index contributed by atoms with van der Waals surface area (Å²) >= 11 is 0. The maximum absolute atomic E-state index is 12.6. The number of amides is 1. The fourth-order valence-corrected chi connectivity index (χ4v) is 2.84. The molecule has 1 aliphatic carbocycles. The van der Waals surface area contributed by atoms with E-state index in [-0.39, 0.29) is 12.5 Å². The first-order valence-electron chi connectivity index (χ1n) is 7.31. The average Bonchev–Trinajstić information content (AvgIpc) is 2.91. The number of carbonyl (C=O) groups excluding carboxylic acids is 1. The quantitative estimate of drug-likeness (QED) is 0.825. The molecule has 3 N–H and O–H groups in total. The fourth-order valence-electron chi connectivity index (χ4n) is 2.84. The molecular formula is C17H22N2O2. The summed E-state index contributed by atoms with van der Waals surface area (Å²) in [4.78, 5) is 14.2. The van der Waals surface area contributed by atoms with Crippen molar-refractivity contribution in [1.82, 2.24) is 4.90 Å². The Hall–Kier alpha value is -1.83. The second-order valence-electron chi connectivity index (χ2n) is 5.64. The van der Waals surface area contributed by atoms with Gasteiger partial charge in [0.05, 0.1) is 17.7 Å². The zero-order valence-corrected chi connectivity index (χ0v) is 12.4. The Morgan fingerprint density at radius 1 is 1.38 bits per heavy atom. The number of hydrogen-bond donors (Lipinski definition) is 2. The lowest BCUT2D eigenvalue weighted by Gasteiger charge is -2.28. The molecule has 2 rings (SSSR count). The monoisotopic (exact) mass is 286 g/mol. The molecule has 1 aromatic carbocycles. The van der Waals surface area contributed by atoms with Gasteiger partial charge in [-0.15, -0.1) is 0 Å². The Labute approximate surface area is 125 Å². The third-order valence-corrected chi connectivity index (χ3v) is 3.90. The topological polar surface area (TPSA) is 66.6 Å². The van der Waals surface area contributed by atoms with Crippen LogP contribution in [0.2, 0.25) is 0 Å². The van der Waals surface area contributed by atoms with E-state index in [9.17, 15) is 9.90 Å². The molecule has 0 atom stereocenters. The van der Waals surface area contributed by atoms with Crippen LogP contribution in [-0.2, 0) is 0 Å². The highest BCUT2D eigenvalue weighted by Crippen LogP contribution is 2.30. The molecule has 1 saturated carbocycles. The summed E-state index contributed by atoms with van der Waals surface area (Å²) in [6, 6.07) is 7.24. The molecule has 0 unspecified atom stereocenters. The molecule has 1 aromatic rings. The van der Waals surface area contributed by atoms with Crippen LogP contribution in [0.25, 0.3) is 0 Å². The van der Waals surface area contributed by atoms with Gasteiger partial charge in [-0.1, -0.05) is 36.8 Å². The minimum Gasteiger partial charge on any atom is -0.388 e. The summed E-state index contributed by atoms with van der Waals surface area (Å²) < 4.78 is 0. The number of nitrogens with two attached hydrogens (primary N) is 1. The van der Waals surface area contributed by atoms with Gasteiger partial charge < -0.3 is 15.7 Å². The van der Waals surface area contributed by atoms with Crippen LogP contribution in [0.4, 0.5) is 0 Å². The Kier molecular flexibility index (Phi) is 5.00. The van der Waals surface area contributed by atoms with Gasteiger partial charge in [-0.3, -0.25) is 4.79 Å². The summed E-state index contributed by atoms with van der Waals surface area (Å²) in [6.45, 7) is 0.628. The summed E-state index contributed by atoms with van der Waals surface area (Å²) in [5, 5.41) is 10.4. The van der Waals surface area contributed by atoms with E-state index in [0.717, 1.165) is 25.7 Å². The predicted octanol–water partition coefficient (Wildman–Crippen LogP) is 1.37. The first-order chi connectivity index (χ1) is 10.1. The molecule has 1 amide bonds. The van der Waals surface area contributed by atoms with Crippen molar-refractivity contribution in [3.05, 3.63) is 35.4 Å². The number of rotatable bonds is 3. The molecule has 21 heavy (non-hydrogen) atoms. The first kappa shape index (κ1) is 15.6. The number of nitrogens with zero attached hydrogens (tertiary/aromatic N) is 1. The molecule has 0 spiro atoms. The SMILES string of the molecule is CN(CC1(O)CCCC1)C(=O)c1ccccc1C#CCN. The van der Waals surface area contributed by atoms with E-state index >= 15 is 0 Å². The summed E-state index contributed by atoms with van der Waals surface area (Å²) in [6.07, 6.45) is 3.58. The Bertz CT molecular complexity index is 566. The molecule has 0 bridgehead atoms. The summed E-state index contributed by atoms with van der Waals surface area (Å²) in [5.41, 5.74) is 5.89. The molecular weight excluding hydrogens is 264 g/mol. The van der Waals surface area contributed by atoms with Gasteiger partial charge in [0.25, 0.3) is 5.91 Å². The molecule has 4 heteroatoms. The number of hydrogen-bond acceptors (Lipinski definition) is 3. The maximum atomic E-state index is 12.6. The summed E-state index contributed by atoms with van der Waals surface area (Å²) in [5.74, 6) is 5.59. The molecule has 0 radical (unpaired) electrons. The van der Waals surface area contributed by atoms with E-state index in [2.05, 4.69) is 11.8 Å². The molecule has 0 aromatic heterocycles. The van der Waals surface area contributed by atoms with Crippen LogP contribution in [0.1, 0.15) is 41.6 Å². The van der Waals surface area contributed by atoms with Crippen LogP contribution >= 0.6 is 0 Å². The van der Waals surface area contributed by atoms with E-state index in [1.165, 1.54) is 0 Å². The second-order valence-corrected chi connectivity index (χ2v) is 5.64. The van der Waals surface area contributed by atoms with E-state index in [0.29, 0.717) is 17.7 Å². The van der Waals surface area contributed by atoms with Crippen LogP contribution in [0.5, 0.6) is 0 Å². The summed E-state index contributed by atoms with van der Waals surface area (Å²) in [7, 11) is 1.73. The van der Waals surface area contributed by atoms with Crippen LogP contribution in [0, 0.1) is 11.8 Å². The minimum absolute atomic E-state index is 0.114. The minimum atomic E-state index is -0.734. The zero-order chi connectivity index (χ0) is 15.3. The van der Waals surface area contributed by atoms with Crippen molar-refractivity contribution in [3.8, 4) is 11.8 Å². The Morgan fingerprint density at radius 2 is 2.05 bits per heavy atom. The van der Waals surface area contributed by atoms with Crippen molar-refractivity contribution in [3.63, 3.8) is 0 Å². The normalized spacial score (nSPS) is 16.1. The van der Waals surface area contributed by atoms with Gasteiger partial charge in [0, 0.05) is 19.2 Å². The van der Waals surface area contributed by atoms with Crippen molar-refractivity contribution in [1.29, 1.82) is 0 Å². The first-order valence-corrected chi connectivity index (χ1v) is 7.31. The second kappa shape index (κ2) is 6.75. The smallest absolute Gasteiger partial charge is 0.254 e. The standard InChI is InChI=1S/C17H22N2O2/c1-19(13-17(21)10-4-5-11-17)16(20)15-9-3-2-7-14(15)8-6-12-18/h2-3,7,9,21H,4-5,10-13,18H2,1H3. The van der Waals surface area contributed by atoms with Crippen molar-refractivity contribution >= 4 is 5.91 Å².